The largest absolute Gasteiger partial charge is 0.485 e. The van der Waals surface area contributed by atoms with Crippen LogP contribution in [-0.2, 0) is 9.53 Å². The summed E-state index contributed by atoms with van der Waals surface area (Å²) < 4.78 is 5.76. The molecule has 3 aliphatic rings. The number of hydrogen-bond donors (Lipinski definition) is 0. The van der Waals surface area contributed by atoms with Gasteiger partial charge in [0.1, 0.15) is 0 Å². The third kappa shape index (κ3) is 2.70. The molecule has 0 saturated carbocycles. The van der Waals surface area contributed by atoms with Gasteiger partial charge >= 0.3 is 0 Å². The number of nitrogens with zero attached hydrogens (tertiary/aromatic N) is 2. The van der Waals surface area contributed by atoms with Crippen LogP contribution in [0.3, 0.4) is 0 Å². The molecular weight excluding hydrogens is 240 g/mol. The van der Waals surface area contributed by atoms with Gasteiger partial charge in [-0.1, -0.05) is 0 Å². The molecule has 3 heterocycles. The van der Waals surface area contributed by atoms with E-state index < -0.39 is 5.60 Å². The number of ether oxygens (including phenoxy) is 1. The summed E-state index contributed by atoms with van der Waals surface area (Å²) in [5.41, 5.74) is 0.225. The van der Waals surface area contributed by atoms with E-state index in [1.807, 2.05) is 6.92 Å². The summed E-state index contributed by atoms with van der Waals surface area (Å²) >= 11 is 0. The van der Waals surface area contributed by atoms with Crippen LogP contribution in [0.4, 0.5) is 0 Å². The zero-order valence-electron chi connectivity index (χ0n) is 11.9. The highest BCUT2D eigenvalue weighted by Crippen LogP contribution is 2.28. The van der Waals surface area contributed by atoms with E-state index >= 15 is 0 Å². The van der Waals surface area contributed by atoms with Crippen LogP contribution in [0, 0.1) is 0 Å². The first-order valence-electron chi connectivity index (χ1n) is 7.54. The molecule has 4 nitrogen and oxygen atoms in total. The van der Waals surface area contributed by atoms with E-state index in [1.54, 1.807) is 6.26 Å². The lowest BCUT2D eigenvalue weighted by atomic mass is 9.96. The Kier molecular flexibility index (Phi) is 3.63. The number of carbonyl (C=O) groups is 1. The second-order valence-corrected chi connectivity index (χ2v) is 6.29. The highest BCUT2D eigenvalue weighted by molar-refractivity contribution is 6.03. The topological polar surface area (TPSA) is 32.8 Å². The highest BCUT2D eigenvalue weighted by atomic mass is 16.5. The Balaban J connectivity index is 1.58. The van der Waals surface area contributed by atoms with E-state index in [4.69, 9.17) is 4.74 Å². The van der Waals surface area contributed by atoms with Crippen LogP contribution in [0.1, 0.15) is 32.6 Å². The Morgan fingerprint density at radius 1 is 1.11 bits per heavy atom. The van der Waals surface area contributed by atoms with Gasteiger partial charge in [0.25, 0.3) is 0 Å². The molecule has 1 atom stereocenters. The molecule has 0 N–H and O–H groups in total. The van der Waals surface area contributed by atoms with Gasteiger partial charge in [-0.05, 0) is 58.8 Å². The molecule has 0 unspecified atom stereocenters. The number of rotatable bonds is 4. The fourth-order valence-corrected chi connectivity index (χ4v) is 3.42. The second-order valence-electron chi connectivity index (χ2n) is 6.29. The summed E-state index contributed by atoms with van der Waals surface area (Å²) in [4.78, 5) is 17.3. The van der Waals surface area contributed by atoms with Gasteiger partial charge in [-0.2, -0.15) is 0 Å². The van der Waals surface area contributed by atoms with Crippen LogP contribution >= 0.6 is 0 Å². The van der Waals surface area contributed by atoms with E-state index in [1.165, 1.54) is 25.7 Å². The van der Waals surface area contributed by atoms with Crippen molar-refractivity contribution in [3.05, 3.63) is 11.8 Å². The van der Waals surface area contributed by atoms with Gasteiger partial charge in [-0.25, -0.2) is 0 Å². The minimum absolute atomic E-state index is 0.200. The summed E-state index contributed by atoms with van der Waals surface area (Å²) in [5, 5.41) is 0. The van der Waals surface area contributed by atoms with Crippen LogP contribution < -0.4 is 0 Å². The van der Waals surface area contributed by atoms with Gasteiger partial charge in [0.2, 0.25) is 5.78 Å². The lowest BCUT2D eigenvalue weighted by molar-refractivity contribution is -0.130. The Morgan fingerprint density at radius 2 is 1.68 bits per heavy atom. The van der Waals surface area contributed by atoms with Crippen LogP contribution in [0.5, 0.6) is 0 Å². The second kappa shape index (κ2) is 5.25. The number of ketones is 1. The molecule has 3 rings (SSSR count). The molecule has 0 spiro atoms. The molecule has 2 saturated heterocycles. The van der Waals surface area contributed by atoms with Crippen LogP contribution in [0.2, 0.25) is 0 Å². The van der Waals surface area contributed by atoms with E-state index in [2.05, 4.69) is 9.80 Å². The zero-order chi connectivity index (χ0) is 13.3. The Labute approximate surface area is 115 Å². The number of hydrogen-bond acceptors (Lipinski definition) is 4. The minimum Gasteiger partial charge on any atom is -0.485 e. The third-order valence-corrected chi connectivity index (χ3v) is 4.55. The van der Waals surface area contributed by atoms with Crippen molar-refractivity contribution in [2.24, 2.45) is 0 Å². The Morgan fingerprint density at radius 3 is 2.32 bits per heavy atom. The molecule has 3 aliphatic heterocycles. The van der Waals surface area contributed by atoms with Gasteiger partial charge in [-0.15, -0.1) is 0 Å². The highest BCUT2D eigenvalue weighted by Gasteiger charge is 2.43. The predicted octanol–water partition coefficient (Wildman–Crippen LogP) is 1.42. The normalized spacial score (nSPS) is 32.9. The SMILES string of the molecule is C[C@@]1(CN2CCCC2)OC=C(CN2CCCC2)C1=O. The van der Waals surface area contributed by atoms with E-state index in [0.29, 0.717) is 0 Å². The van der Waals surface area contributed by atoms with Gasteiger partial charge in [0, 0.05) is 18.7 Å². The maximum absolute atomic E-state index is 12.6. The van der Waals surface area contributed by atoms with Gasteiger partial charge < -0.3 is 4.74 Å². The Hall–Kier alpha value is -0.870. The van der Waals surface area contributed by atoms with Gasteiger partial charge in [-0.3, -0.25) is 14.6 Å². The van der Waals surface area contributed by atoms with Crippen LogP contribution in [0.15, 0.2) is 11.8 Å². The molecule has 0 aliphatic carbocycles. The first kappa shape index (κ1) is 13.1. The van der Waals surface area contributed by atoms with E-state index in [9.17, 15) is 4.79 Å². The van der Waals surface area contributed by atoms with E-state index in [-0.39, 0.29) is 5.78 Å². The minimum atomic E-state index is -0.639. The summed E-state index contributed by atoms with van der Waals surface area (Å²) in [7, 11) is 0. The molecule has 0 bridgehead atoms. The first-order chi connectivity index (χ1) is 9.17. The summed E-state index contributed by atoms with van der Waals surface area (Å²) in [6.45, 7) is 7.91. The summed E-state index contributed by atoms with van der Waals surface area (Å²) in [6, 6.07) is 0. The lowest BCUT2D eigenvalue weighted by Gasteiger charge is -2.28. The van der Waals surface area contributed by atoms with Crippen LogP contribution in [-0.4, -0.2) is 60.5 Å². The fourth-order valence-electron chi connectivity index (χ4n) is 3.42. The summed E-state index contributed by atoms with van der Waals surface area (Å²) in [5.74, 6) is 0.200. The summed E-state index contributed by atoms with van der Waals surface area (Å²) in [6.07, 6.45) is 6.73. The van der Waals surface area contributed by atoms with Crippen molar-refractivity contribution < 1.29 is 9.53 Å². The van der Waals surface area contributed by atoms with Gasteiger partial charge in [0.05, 0.1) is 6.26 Å². The van der Waals surface area contributed by atoms with Crippen molar-refractivity contribution in [1.82, 2.24) is 9.80 Å². The molecule has 19 heavy (non-hydrogen) atoms. The molecule has 0 amide bonds. The smallest absolute Gasteiger partial charge is 0.207 e. The van der Waals surface area contributed by atoms with Crippen molar-refractivity contribution in [2.45, 2.75) is 38.2 Å². The fraction of sp³-hybridized carbons (Fsp3) is 0.800. The molecule has 0 aromatic rings. The molecule has 0 aromatic carbocycles. The van der Waals surface area contributed by atoms with Crippen molar-refractivity contribution >= 4 is 5.78 Å². The zero-order valence-corrected chi connectivity index (χ0v) is 11.9. The van der Waals surface area contributed by atoms with Gasteiger partial charge in [0.15, 0.2) is 5.60 Å². The maximum Gasteiger partial charge on any atom is 0.207 e. The molecule has 0 aromatic heterocycles. The molecule has 2 fully saturated rings. The number of likely N-dealkylation sites (tertiary alicyclic amines) is 2. The van der Waals surface area contributed by atoms with E-state index in [0.717, 1.165) is 44.8 Å². The third-order valence-electron chi connectivity index (χ3n) is 4.55. The predicted molar refractivity (Wildman–Crippen MR) is 73.9 cm³/mol. The van der Waals surface area contributed by atoms with Crippen molar-refractivity contribution in [3.8, 4) is 0 Å². The van der Waals surface area contributed by atoms with Crippen LogP contribution in [0.25, 0.3) is 0 Å². The maximum atomic E-state index is 12.6. The standard InChI is InChI=1S/C15H24N2O2/c1-15(12-17-8-4-5-9-17)14(18)13(11-19-15)10-16-6-2-3-7-16/h11H,2-10,12H2,1H3/t15-/m0/s1. The molecule has 0 radical (unpaired) electrons. The Bertz CT molecular complexity index is 382. The molecule has 4 heteroatoms. The molecular formula is C15H24N2O2. The average Bonchev–Trinajstić information content (AvgIpc) is 3.10. The van der Waals surface area contributed by atoms with Crippen molar-refractivity contribution in [1.29, 1.82) is 0 Å². The number of Topliss-reactive ketones (excluding diaryl/α,β-unsaturated/α-hetero) is 1. The first-order valence-corrected chi connectivity index (χ1v) is 7.54. The average molecular weight is 264 g/mol. The lowest BCUT2D eigenvalue weighted by Crippen LogP contribution is -2.45. The van der Waals surface area contributed by atoms with Crippen molar-refractivity contribution in [2.75, 3.05) is 39.3 Å². The van der Waals surface area contributed by atoms with Crippen molar-refractivity contribution in [3.63, 3.8) is 0 Å². The number of carbonyl (C=O) groups excluding carboxylic acids is 1. The molecule has 106 valence electrons. The monoisotopic (exact) mass is 264 g/mol. The quantitative estimate of drug-likeness (QED) is 0.769.